The summed E-state index contributed by atoms with van der Waals surface area (Å²) in [5, 5.41) is 7.01. The van der Waals surface area contributed by atoms with E-state index in [1.807, 2.05) is 25.1 Å². The van der Waals surface area contributed by atoms with Crippen molar-refractivity contribution in [3.8, 4) is 11.5 Å². The van der Waals surface area contributed by atoms with Gasteiger partial charge in [-0.3, -0.25) is 5.73 Å². The Morgan fingerprint density at radius 1 is 0.667 bits per heavy atom. The molecule has 4 rings (SSSR count). The van der Waals surface area contributed by atoms with E-state index in [1.54, 1.807) is 0 Å². The maximum Gasteiger partial charge on any atom is 0.184 e. The molecule has 0 amide bonds. The van der Waals surface area contributed by atoms with Gasteiger partial charge in [0.05, 0.1) is 0 Å². The highest BCUT2D eigenvalue weighted by atomic mass is 16.6. The molecule has 2 unspecified atom stereocenters. The lowest BCUT2D eigenvalue weighted by molar-refractivity contribution is 0.0355. The summed E-state index contributed by atoms with van der Waals surface area (Å²) in [4.78, 5) is 0. The molecule has 0 saturated heterocycles. The number of hydrogen-bond acceptors (Lipinski definition) is 5. The standard InChI is InChI=1S/C25H29N3O2/c1-18-25(26)30-24-13-22(10-11-23(24)29-18)17-28-16-21-9-5-8-20(12-21)15-27-14-19-6-3-2-4-7-19/h2-13,18,25,27-28H,14-17,26H2,1H3. The smallest absolute Gasteiger partial charge is 0.184 e. The zero-order valence-electron chi connectivity index (χ0n) is 17.3. The lowest BCUT2D eigenvalue weighted by atomic mass is 10.1. The van der Waals surface area contributed by atoms with Crippen molar-refractivity contribution >= 4 is 0 Å². The van der Waals surface area contributed by atoms with Crippen molar-refractivity contribution in [2.24, 2.45) is 5.73 Å². The summed E-state index contributed by atoms with van der Waals surface area (Å²) in [5.74, 6) is 1.47. The number of fused-ring (bicyclic) bond motifs is 1. The summed E-state index contributed by atoms with van der Waals surface area (Å²) in [6.45, 7) is 5.18. The number of nitrogens with one attached hydrogen (secondary N) is 2. The third kappa shape index (κ3) is 5.39. The second-order valence-electron chi connectivity index (χ2n) is 7.70. The third-order valence-electron chi connectivity index (χ3n) is 5.20. The van der Waals surface area contributed by atoms with Crippen molar-refractivity contribution in [3.63, 3.8) is 0 Å². The van der Waals surface area contributed by atoms with Gasteiger partial charge in [-0.15, -0.1) is 0 Å². The summed E-state index contributed by atoms with van der Waals surface area (Å²) in [5.41, 5.74) is 10.9. The summed E-state index contributed by atoms with van der Waals surface area (Å²) < 4.78 is 11.5. The molecule has 0 aliphatic carbocycles. The first-order valence-corrected chi connectivity index (χ1v) is 10.4. The summed E-state index contributed by atoms with van der Waals surface area (Å²) in [6, 6.07) is 25.1. The summed E-state index contributed by atoms with van der Waals surface area (Å²) >= 11 is 0. The van der Waals surface area contributed by atoms with Gasteiger partial charge in [0.1, 0.15) is 6.10 Å². The molecule has 1 aliphatic heterocycles. The van der Waals surface area contributed by atoms with Gasteiger partial charge in [-0.05, 0) is 41.3 Å². The number of hydrogen-bond donors (Lipinski definition) is 3. The van der Waals surface area contributed by atoms with Gasteiger partial charge >= 0.3 is 0 Å². The van der Waals surface area contributed by atoms with E-state index in [1.165, 1.54) is 16.7 Å². The Kier molecular flexibility index (Phi) is 6.64. The molecule has 0 aromatic heterocycles. The fraction of sp³-hybridized carbons (Fsp3) is 0.280. The predicted molar refractivity (Wildman–Crippen MR) is 119 cm³/mol. The van der Waals surface area contributed by atoms with Crippen LogP contribution in [0.3, 0.4) is 0 Å². The molecule has 5 heteroatoms. The zero-order chi connectivity index (χ0) is 20.8. The van der Waals surface area contributed by atoms with E-state index in [4.69, 9.17) is 15.2 Å². The van der Waals surface area contributed by atoms with E-state index in [0.717, 1.165) is 37.5 Å². The fourth-order valence-electron chi connectivity index (χ4n) is 3.51. The largest absolute Gasteiger partial charge is 0.481 e. The van der Waals surface area contributed by atoms with Crippen molar-refractivity contribution in [1.29, 1.82) is 0 Å². The maximum atomic E-state index is 5.93. The Bertz CT molecular complexity index is 962. The quantitative estimate of drug-likeness (QED) is 0.535. The normalized spacial score (nSPS) is 17.7. The zero-order valence-corrected chi connectivity index (χ0v) is 17.3. The van der Waals surface area contributed by atoms with E-state index in [-0.39, 0.29) is 6.10 Å². The number of rotatable bonds is 8. The highest BCUT2D eigenvalue weighted by Gasteiger charge is 2.24. The van der Waals surface area contributed by atoms with Crippen LogP contribution in [0, 0.1) is 0 Å². The number of ether oxygens (including phenoxy) is 2. The Morgan fingerprint density at radius 3 is 1.97 bits per heavy atom. The molecule has 3 aromatic carbocycles. The Hall–Kier alpha value is -2.86. The molecule has 0 fully saturated rings. The lowest BCUT2D eigenvalue weighted by Gasteiger charge is -2.29. The molecule has 2 atom stereocenters. The van der Waals surface area contributed by atoms with Gasteiger partial charge < -0.3 is 20.1 Å². The molecular formula is C25H29N3O2. The van der Waals surface area contributed by atoms with Gasteiger partial charge in [-0.25, -0.2) is 0 Å². The fourth-order valence-corrected chi connectivity index (χ4v) is 3.51. The first kappa shape index (κ1) is 20.4. The predicted octanol–water partition coefficient (Wildman–Crippen LogP) is 3.71. The highest BCUT2D eigenvalue weighted by Crippen LogP contribution is 2.33. The molecule has 1 aliphatic rings. The van der Waals surface area contributed by atoms with E-state index < -0.39 is 6.23 Å². The van der Waals surface area contributed by atoms with E-state index >= 15 is 0 Å². The Morgan fingerprint density at radius 2 is 1.27 bits per heavy atom. The lowest BCUT2D eigenvalue weighted by Crippen LogP contribution is -2.44. The van der Waals surface area contributed by atoms with Gasteiger partial charge in [0, 0.05) is 26.2 Å². The van der Waals surface area contributed by atoms with Crippen LogP contribution in [-0.2, 0) is 26.2 Å². The van der Waals surface area contributed by atoms with Crippen LogP contribution in [0.25, 0.3) is 0 Å². The molecule has 0 bridgehead atoms. The first-order chi connectivity index (χ1) is 14.7. The van der Waals surface area contributed by atoms with E-state index in [0.29, 0.717) is 5.75 Å². The summed E-state index contributed by atoms with van der Waals surface area (Å²) in [7, 11) is 0. The van der Waals surface area contributed by atoms with Crippen LogP contribution < -0.4 is 25.8 Å². The number of benzene rings is 3. The second kappa shape index (κ2) is 9.76. The van der Waals surface area contributed by atoms with Gasteiger partial charge in [0.2, 0.25) is 0 Å². The van der Waals surface area contributed by atoms with Gasteiger partial charge in [0.25, 0.3) is 0 Å². The second-order valence-corrected chi connectivity index (χ2v) is 7.70. The van der Waals surface area contributed by atoms with Crippen LogP contribution in [0.15, 0.2) is 72.8 Å². The SMILES string of the molecule is CC1Oc2ccc(CNCc3cccc(CNCc4ccccc4)c3)cc2OC1N. The van der Waals surface area contributed by atoms with E-state index in [2.05, 4.69) is 65.2 Å². The molecule has 1 heterocycles. The highest BCUT2D eigenvalue weighted by molar-refractivity contribution is 5.44. The molecule has 3 aromatic rings. The molecule has 4 N–H and O–H groups in total. The van der Waals surface area contributed by atoms with Crippen LogP contribution in [0.2, 0.25) is 0 Å². The van der Waals surface area contributed by atoms with Crippen LogP contribution in [0.1, 0.15) is 29.2 Å². The minimum Gasteiger partial charge on any atom is -0.481 e. The van der Waals surface area contributed by atoms with Gasteiger partial charge in [-0.1, -0.05) is 60.7 Å². The molecule has 5 nitrogen and oxygen atoms in total. The summed E-state index contributed by atoms with van der Waals surface area (Å²) in [6.07, 6.45) is -0.574. The van der Waals surface area contributed by atoms with Gasteiger partial charge in [-0.2, -0.15) is 0 Å². The van der Waals surface area contributed by atoms with Crippen molar-refractivity contribution < 1.29 is 9.47 Å². The van der Waals surface area contributed by atoms with E-state index in [9.17, 15) is 0 Å². The Labute approximate surface area is 178 Å². The molecular weight excluding hydrogens is 374 g/mol. The number of nitrogens with two attached hydrogens (primary N) is 1. The van der Waals surface area contributed by atoms with Crippen LogP contribution in [0.5, 0.6) is 11.5 Å². The molecule has 156 valence electrons. The molecule has 0 radical (unpaired) electrons. The van der Waals surface area contributed by atoms with Crippen LogP contribution in [0.4, 0.5) is 0 Å². The minimum atomic E-state index is -0.432. The van der Waals surface area contributed by atoms with Crippen LogP contribution in [-0.4, -0.2) is 12.3 Å². The first-order valence-electron chi connectivity index (χ1n) is 10.4. The van der Waals surface area contributed by atoms with Crippen molar-refractivity contribution in [2.45, 2.75) is 45.4 Å². The average molecular weight is 404 g/mol. The topological polar surface area (TPSA) is 68.5 Å². The minimum absolute atomic E-state index is 0.143. The van der Waals surface area contributed by atoms with Gasteiger partial charge in [0.15, 0.2) is 17.7 Å². The molecule has 0 saturated carbocycles. The molecule has 0 spiro atoms. The van der Waals surface area contributed by atoms with Crippen molar-refractivity contribution in [1.82, 2.24) is 10.6 Å². The maximum absolute atomic E-state index is 5.93. The average Bonchev–Trinajstić information content (AvgIpc) is 2.76. The molecule has 30 heavy (non-hydrogen) atoms. The van der Waals surface area contributed by atoms with Crippen molar-refractivity contribution in [3.05, 3.63) is 95.1 Å². The van der Waals surface area contributed by atoms with Crippen molar-refractivity contribution in [2.75, 3.05) is 0 Å². The monoisotopic (exact) mass is 403 g/mol. The van der Waals surface area contributed by atoms with Crippen LogP contribution >= 0.6 is 0 Å². The third-order valence-corrected chi connectivity index (χ3v) is 5.20. The Balaban J connectivity index is 1.26.